The van der Waals surface area contributed by atoms with Gasteiger partial charge in [0, 0.05) is 24.2 Å². The number of anilines is 1. The zero-order valence-corrected chi connectivity index (χ0v) is 9.66. The first-order chi connectivity index (χ1) is 8.33. The van der Waals surface area contributed by atoms with Crippen LogP contribution in [0.3, 0.4) is 0 Å². The van der Waals surface area contributed by atoms with E-state index in [4.69, 9.17) is 4.74 Å². The van der Waals surface area contributed by atoms with Crippen molar-refractivity contribution in [2.75, 3.05) is 18.4 Å². The molecule has 3 rings (SSSR count). The summed E-state index contributed by atoms with van der Waals surface area (Å²) in [6.07, 6.45) is 2.64. The van der Waals surface area contributed by atoms with E-state index < -0.39 is 0 Å². The molecule has 2 N–H and O–H groups in total. The molecule has 0 bridgehead atoms. The van der Waals surface area contributed by atoms with E-state index in [1.54, 1.807) is 0 Å². The smallest absolute Gasteiger partial charge is 0.224 e. The van der Waals surface area contributed by atoms with Crippen molar-refractivity contribution in [3.63, 3.8) is 0 Å². The van der Waals surface area contributed by atoms with E-state index in [0.717, 1.165) is 42.9 Å². The average Bonchev–Trinajstić information content (AvgIpc) is 2.82. The van der Waals surface area contributed by atoms with Gasteiger partial charge in [-0.3, -0.25) is 4.79 Å². The van der Waals surface area contributed by atoms with Gasteiger partial charge in [0.1, 0.15) is 11.9 Å². The maximum absolute atomic E-state index is 11.3. The van der Waals surface area contributed by atoms with E-state index in [2.05, 4.69) is 10.6 Å². The fourth-order valence-corrected chi connectivity index (χ4v) is 2.41. The monoisotopic (exact) mass is 232 g/mol. The summed E-state index contributed by atoms with van der Waals surface area (Å²) >= 11 is 0. The molecule has 0 radical (unpaired) electrons. The van der Waals surface area contributed by atoms with Gasteiger partial charge < -0.3 is 15.4 Å². The van der Waals surface area contributed by atoms with Gasteiger partial charge in [-0.15, -0.1) is 0 Å². The summed E-state index contributed by atoms with van der Waals surface area (Å²) in [6, 6.07) is 5.86. The Hall–Kier alpha value is -1.55. The number of carbonyl (C=O) groups is 1. The molecule has 4 nitrogen and oxygen atoms in total. The highest BCUT2D eigenvalue weighted by molar-refractivity contribution is 5.94. The molecule has 2 aliphatic heterocycles. The van der Waals surface area contributed by atoms with Crippen LogP contribution in [-0.2, 0) is 11.2 Å². The number of hydrogen-bond acceptors (Lipinski definition) is 3. The van der Waals surface area contributed by atoms with E-state index in [-0.39, 0.29) is 12.0 Å². The minimum Gasteiger partial charge on any atom is -0.489 e. The maximum Gasteiger partial charge on any atom is 0.224 e. The number of hydrogen-bond donors (Lipinski definition) is 2. The number of nitrogens with one attached hydrogen (secondary N) is 2. The zero-order chi connectivity index (χ0) is 11.7. The summed E-state index contributed by atoms with van der Waals surface area (Å²) in [5, 5.41) is 6.18. The van der Waals surface area contributed by atoms with E-state index in [1.165, 1.54) is 0 Å². The molecule has 1 aromatic carbocycles. The van der Waals surface area contributed by atoms with E-state index in [9.17, 15) is 4.79 Å². The quantitative estimate of drug-likeness (QED) is 0.808. The van der Waals surface area contributed by atoms with Crippen LogP contribution < -0.4 is 15.4 Å². The number of carbonyl (C=O) groups excluding carboxylic acids is 1. The van der Waals surface area contributed by atoms with Crippen molar-refractivity contribution in [2.24, 2.45) is 0 Å². The third-order valence-corrected chi connectivity index (χ3v) is 3.32. The van der Waals surface area contributed by atoms with Crippen LogP contribution in [0.5, 0.6) is 5.75 Å². The van der Waals surface area contributed by atoms with E-state index in [1.807, 2.05) is 18.2 Å². The van der Waals surface area contributed by atoms with Crippen molar-refractivity contribution in [2.45, 2.75) is 25.4 Å². The number of ether oxygens (including phenoxy) is 1. The van der Waals surface area contributed by atoms with Gasteiger partial charge in [-0.1, -0.05) is 6.07 Å². The highest BCUT2D eigenvalue weighted by Gasteiger charge is 2.21. The van der Waals surface area contributed by atoms with Crippen LogP contribution in [-0.4, -0.2) is 25.1 Å². The molecule has 1 atom stereocenters. The van der Waals surface area contributed by atoms with Crippen LogP contribution in [0.15, 0.2) is 18.2 Å². The van der Waals surface area contributed by atoms with Gasteiger partial charge in [0.25, 0.3) is 0 Å². The molecule has 0 spiro atoms. The molecule has 0 saturated carbocycles. The predicted octanol–water partition coefficient (Wildman–Crippen LogP) is 1.31. The molecule has 2 heterocycles. The Bertz CT molecular complexity index is 439. The minimum atomic E-state index is 0.0946. The van der Waals surface area contributed by atoms with Crippen molar-refractivity contribution in [1.29, 1.82) is 0 Å². The Labute approximate surface area is 100 Å². The van der Waals surface area contributed by atoms with Gasteiger partial charge in [-0.25, -0.2) is 0 Å². The van der Waals surface area contributed by atoms with Crippen LogP contribution in [0.1, 0.15) is 18.4 Å². The Morgan fingerprint density at radius 1 is 1.29 bits per heavy atom. The summed E-state index contributed by atoms with van der Waals surface area (Å²) < 4.78 is 6.00. The summed E-state index contributed by atoms with van der Waals surface area (Å²) in [6.45, 7) is 1.94. The van der Waals surface area contributed by atoms with Crippen LogP contribution in [0, 0.1) is 0 Å². The van der Waals surface area contributed by atoms with Gasteiger partial charge in [0.15, 0.2) is 0 Å². The summed E-state index contributed by atoms with van der Waals surface area (Å²) in [4.78, 5) is 11.3. The first-order valence-electron chi connectivity index (χ1n) is 6.12. The van der Waals surface area contributed by atoms with Crippen LogP contribution >= 0.6 is 0 Å². The Morgan fingerprint density at radius 3 is 3.06 bits per heavy atom. The van der Waals surface area contributed by atoms with Gasteiger partial charge >= 0.3 is 0 Å². The maximum atomic E-state index is 11.3. The first kappa shape index (κ1) is 10.6. The van der Waals surface area contributed by atoms with Crippen LogP contribution in [0.2, 0.25) is 0 Å². The number of amides is 1. The molecule has 1 saturated heterocycles. The highest BCUT2D eigenvalue weighted by atomic mass is 16.5. The van der Waals surface area contributed by atoms with Crippen molar-refractivity contribution >= 4 is 11.6 Å². The lowest BCUT2D eigenvalue weighted by molar-refractivity contribution is -0.116. The fourth-order valence-electron chi connectivity index (χ4n) is 2.41. The molecule has 1 fully saturated rings. The minimum absolute atomic E-state index is 0.0946. The first-order valence-corrected chi connectivity index (χ1v) is 6.12. The third-order valence-electron chi connectivity index (χ3n) is 3.32. The number of rotatable bonds is 2. The van der Waals surface area contributed by atoms with Crippen LogP contribution in [0.25, 0.3) is 0 Å². The largest absolute Gasteiger partial charge is 0.489 e. The Morgan fingerprint density at radius 2 is 2.24 bits per heavy atom. The average molecular weight is 232 g/mol. The van der Waals surface area contributed by atoms with Gasteiger partial charge in [-0.05, 0) is 31.5 Å². The predicted molar refractivity (Wildman–Crippen MR) is 65.3 cm³/mol. The lowest BCUT2D eigenvalue weighted by Gasteiger charge is -2.22. The van der Waals surface area contributed by atoms with Crippen molar-refractivity contribution in [3.05, 3.63) is 23.8 Å². The zero-order valence-electron chi connectivity index (χ0n) is 9.66. The van der Waals surface area contributed by atoms with Crippen molar-refractivity contribution in [1.82, 2.24) is 5.32 Å². The molecule has 17 heavy (non-hydrogen) atoms. The normalized spacial score (nSPS) is 23.1. The second-order valence-corrected chi connectivity index (χ2v) is 4.56. The molecular formula is C13H16N2O2. The summed E-state index contributed by atoms with van der Waals surface area (Å²) in [5.41, 5.74) is 2.05. The molecule has 0 aliphatic carbocycles. The molecule has 2 aliphatic rings. The van der Waals surface area contributed by atoms with Gasteiger partial charge in [0.2, 0.25) is 5.91 Å². The summed E-state index contributed by atoms with van der Waals surface area (Å²) in [7, 11) is 0. The molecular weight excluding hydrogens is 216 g/mol. The molecule has 1 amide bonds. The number of fused-ring (bicyclic) bond motifs is 1. The third kappa shape index (κ3) is 2.13. The number of benzene rings is 1. The molecule has 1 aromatic rings. The lowest BCUT2D eigenvalue weighted by Crippen LogP contribution is -2.23. The SMILES string of the molecule is O=C1CCc2c(cccc2OC2CCNC2)N1. The van der Waals surface area contributed by atoms with E-state index in [0.29, 0.717) is 6.42 Å². The Balaban J connectivity index is 1.84. The van der Waals surface area contributed by atoms with E-state index >= 15 is 0 Å². The van der Waals surface area contributed by atoms with Crippen molar-refractivity contribution in [3.8, 4) is 5.75 Å². The molecule has 90 valence electrons. The molecule has 0 aromatic heterocycles. The molecule has 1 unspecified atom stereocenters. The lowest BCUT2D eigenvalue weighted by atomic mass is 10.0. The second kappa shape index (κ2) is 4.37. The Kier molecular flexibility index (Phi) is 2.73. The van der Waals surface area contributed by atoms with Gasteiger partial charge in [0.05, 0.1) is 0 Å². The van der Waals surface area contributed by atoms with Crippen molar-refractivity contribution < 1.29 is 9.53 Å². The molecule has 4 heteroatoms. The standard InChI is InChI=1S/C13H16N2O2/c16-13-5-4-10-11(15-13)2-1-3-12(10)17-9-6-7-14-8-9/h1-3,9,14H,4-8H2,(H,15,16). The highest BCUT2D eigenvalue weighted by Crippen LogP contribution is 2.32. The topological polar surface area (TPSA) is 50.4 Å². The second-order valence-electron chi connectivity index (χ2n) is 4.56. The van der Waals surface area contributed by atoms with Gasteiger partial charge in [-0.2, -0.15) is 0 Å². The van der Waals surface area contributed by atoms with Crippen LogP contribution in [0.4, 0.5) is 5.69 Å². The fraction of sp³-hybridized carbons (Fsp3) is 0.462. The summed E-state index contributed by atoms with van der Waals surface area (Å²) in [5.74, 6) is 1.02.